The molecular weight excluding hydrogens is 250 g/mol. The van der Waals surface area contributed by atoms with Crippen molar-refractivity contribution in [3.8, 4) is 12.3 Å². The number of aliphatic carboxylic acids is 1. The predicted molar refractivity (Wildman–Crippen MR) is 68.1 cm³/mol. The van der Waals surface area contributed by atoms with Crippen molar-refractivity contribution in [3.63, 3.8) is 0 Å². The Morgan fingerprint density at radius 3 is 2.53 bits per heavy atom. The molecule has 106 valence electrons. The van der Waals surface area contributed by atoms with Gasteiger partial charge in [0.1, 0.15) is 6.04 Å². The van der Waals surface area contributed by atoms with Crippen molar-refractivity contribution in [3.05, 3.63) is 0 Å². The van der Waals surface area contributed by atoms with E-state index >= 15 is 0 Å². The first kappa shape index (κ1) is 17.0. The van der Waals surface area contributed by atoms with Crippen LogP contribution in [0, 0.1) is 12.3 Å². The average Bonchev–Trinajstić information content (AvgIpc) is 2.38. The summed E-state index contributed by atoms with van der Waals surface area (Å²) in [5, 5.41) is 11.3. The van der Waals surface area contributed by atoms with Crippen LogP contribution >= 0.6 is 0 Å². The number of ether oxygens (including phenoxy) is 1. The highest BCUT2D eigenvalue weighted by Gasteiger charge is 2.20. The molecule has 1 atom stereocenters. The van der Waals surface area contributed by atoms with Gasteiger partial charge in [-0.15, -0.1) is 12.3 Å². The maximum absolute atomic E-state index is 11.5. The van der Waals surface area contributed by atoms with E-state index in [2.05, 4.69) is 16.0 Å². The van der Waals surface area contributed by atoms with E-state index in [1.165, 1.54) is 7.11 Å². The molecule has 0 aliphatic heterocycles. The predicted octanol–water partition coefficient (Wildman–Crippen LogP) is 0.703. The zero-order valence-electron chi connectivity index (χ0n) is 11.0. The molecule has 6 nitrogen and oxygen atoms in total. The maximum atomic E-state index is 11.5. The largest absolute Gasteiger partial charge is 0.480 e. The lowest BCUT2D eigenvalue weighted by molar-refractivity contribution is -0.144. The van der Waals surface area contributed by atoms with E-state index < -0.39 is 18.0 Å². The van der Waals surface area contributed by atoms with E-state index in [0.717, 1.165) is 6.42 Å². The Labute approximate surface area is 112 Å². The molecule has 0 fully saturated rings. The molecular formula is C13H19NO5. The molecule has 0 aliphatic rings. The summed E-state index contributed by atoms with van der Waals surface area (Å²) in [6.45, 7) is 0. The molecule has 0 aromatic carbocycles. The summed E-state index contributed by atoms with van der Waals surface area (Å²) in [6.07, 6.45) is 7.19. The van der Waals surface area contributed by atoms with Crippen LogP contribution in [0.3, 0.4) is 0 Å². The molecule has 1 amide bonds. The summed E-state index contributed by atoms with van der Waals surface area (Å²) in [5.74, 6) is 0.439. The van der Waals surface area contributed by atoms with Gasteiger partial charge in [-0.25, -0.2) is 4.79 Å². The minimum atomic E-state index is -1.17. The number of rotatable bonds is 9. The lowest BCUT2D eigenvalue weighted by Gasteiger charge is -2.13. The lowest BCUT2D eigenvalue weighted by atomic mass is 10.1. The van der Waals surface area contributed by atoms with Crippen LogP contribution in [0.25, 0.3) is 0 Å². The Morgan fingerprint density at radius 2 is 2.00 bits per heavy atom. The van der Waals surface area contributed by atoms with Gasteiger partial charge >= 0.3 is 11.9 Å². The average molecular weight is 269 g/mol. The minimum Gasteiger partial charge on any atom is -0.480 e. The molecule has 0 spiro atoms. The second-order valence-corrected chi connectivity index (χ2v) is 3.98. The van der Waals surface area contributed by atoms with Gasteiger partial charge in [0.2, 0.25) is 5.91 Å². The highest BCUT2D eigenvalue weighted by atomic mass is 16.5. The zero-order chi connectivity index (χ0) is 14.7. The fourth-order valence-corrected chi connectivity index (χ4v) is 1.40. The first-order valence-electron chi connectivity index (χ1n) is 6.03. The van der Waals surface area contributed by atoms with Crippen molar-refractivity contribution < 1.29 is 24.2 Å². The van der Waals surface area contributed by atoms with E-state index in [9.17, 15) is 14.4 Å². The van der Waals surface area contributed by atoms with Crippen molar-refractivity contribution in [2.75, 3.05) is 7.11 Å². The molecule has 0 saturated carbocycles. The number of esters is 1. The van der Waals surface area contributed by atoms with Gasteiger partial charge in [0.15, 0.2) is 0 Å². The van der Waals surface area contributed by atoms with Gasteiger partial charge in [-0.05, 0) is 19.3 Å². The number of amides is 1. The molecule has 0 heterocycles. The molecule has 0 rings (SSSR count). The summed E-state index contributed by atoms with van der Waals surface area (Å²) >= 11 is 0. The van der Waals surface area contributed by atoms with Gasteiger partial charge in [0, 0.05) is 19.3 Å². The normalized spacial score (nSPS) is 11.2. The molecule has 0 aromatic heterocycles. The van der Waals surface area contributed by atoms with E-state index in [0.29, 0.717) is 12.8 Å². The first-order valence-corrected chi connectivity index (χ1v) is 6.03. The number of methoxy groups -OCH3 is 1. The van der Waals surface area contributed by atoms with E-state index in [-0.39, 0.29) is 25.2 Å². The molecule has 0 saturated heterocycles. The molecule has 0 radical (unpaired) electrons. The molecule has 19 heavy (non-hydrogen) atoms. The highest BCUT2D eigenvalue weighted by Crippen LogP contribution is 2.03. The Balaban J connectivity index is 4.05. The zero-order valence-corrected chi connectivity index (χ0v) is 11.0. The van der Waals surface area contributed by atoms with Crippen LogP contribution in [-0.4, -0.2) is 36.1 Å². The van der Waals surface area contributed by atoms with Crippen molar-refractivity contribution >= 4 is 17.8 Å². The minimum absolute atomic E-state index is 0.0120. The van der Waals surface area contributed by atoms with E-state index in [4.69, 9.17) is 11.5 Å². The molecule has 1 unspecified atom stereocenters. The van der Waals surface area contributed by atoms with Crippen molar-refractivity contribution in [1.29, 1.82) is 0 Å². The van der Waals surface area contributed by atoms with E-state index in [1.54, 1.807) is 0 Å². The third kappa shape index (κ3) is 8.66. The quantitative estimate of drug-likeness (QED) is 0.365. The topological polar surface area (TPSA) is 92.7 Å². The summed E-state index contributed by atoms with van der Waals surface area (Å²) in [5.41, 5.74) is 0. The Morgan fingerprint density at radius 1 is 1.32 bits per heavy atom. The van der Waals surface area contributed by atoms with Crippen LogP contribution in [0.15, 0.2) is 0 Å². The number of terminal acetylenes is 1. The molecule has 2 N–H and O–H groups in total. The summed E-state index contributed by atoms with van der Waals surface area (Å²) in [7, 11) is 1.22. The van der Waals surface area contributed by atoms with Gasteiger partial charge < -0.3 is 15.2 Å². The fourth-order valence-electron chi connectivity index (χ4n) is 1.40. The monoisotopic (exact) mass is 269 g/mol. The number of nitrogens with one attached hydrogen (secondary N) is 1. The van der Waals surface area contributed by atoms with Gasteiger partial charge in [0.05, 0.1) is 7.11 Å². The second kappa shape index (κ2) is 9.95. The number of carbonyl (C=O) groups is 3. The van der Waals surface area contributed by atoms with Gasteiger partial charge in [-0.2, -0.15) is 0 Å². The standard InChI is InChI=1S/C13H19NO5/c1-3-4-5-6-7-11(15)14-10(13(17)18)8-9-12(16)19-2/h1,10H,4-9H2,2H3,(H,14,15)(H,17,18). The second-order valence-electron chi connectivity index (χ2n) is 3.98. The first-order chi connectivity index (χ1) is 9.01. The van der Waals surface area contributed by atoms with Crippen LogP contribution in [0.5, 0.6) is 0 Å². The number of hydrogen-bond acceptors (Lipinski definition) is 4. The number of unbranched alkanes of at least 4 members (excludes halogenated alkanes) is 2. The highest BCUT2D eigenvalue weighted by molar-refractivity contribution is 5.83. The fraction of sp³-hybridized carbons (Fsp3) is 0.615. The van der Waals surface area contributed by atoms with Crippen LogP contribution in [0.1, 0.15) is 38.5 Å². The summed E-state index contributed by atoms with van der Waals surface area (Å²) < 4.78 is 4.41. The SMILES string of the molecule is C#CCCCCC(=O)NC(CCC(=O)OC)C(=O)O. The smallest absolute Gasteiger partial charge is 0.326 e. The third-order valence-corrected chi connectivity index (χ3v) is 2.47. The number of carbonyl (C=O) groups excluding carboxylic acids is 2. The molecule has 0 bridgehead atoms. The number of hydrogen-bond donors (Lipinski definition) is 2. The van der Waals surface area contributed by atoms with E-state index in [1.807, 2.05) is 0 Å². The van der Waals surface area contributed by atoms with Crippen LogP contribution in [0.4, 0.5) is 0 Å². The van der Waals surface area contributed by atoms with Gasteiger partial charge in [0.25, 0.3) is 0 Å². The van der Waals surface area contributed by atoms with Crippen LogP contribution in [-0.2, 0) is 19.1 Å². The Bertz CT molecular complexity index is 359. The molecule has 0 aromatic rings. The number of carboxylic acids is 1. The van der Waals surface area contributed by atoms with Gasteiger partial charge in [-0.3, -0.25) is 9.59 Å². The maximum Gasteiger partial charge on any atom is 0.326 e. The Hall–Kier alpha value is -2.03. The third-order valence-electron chi connectivity index (χ3n) is 2.47. The molecule has 0 aliphatic carbocycles. The van der Waals surface area contributed by atoms with Crippen LogP contribution < -0.4 is 5.32 Å². The van der Waals surface area contributed by atoms with Crippen molar-refractivity contribution in [1.82, 2.24) is 5.32 Å². The van der Waals surface area contributed by atoms with Crippen molar-refractivity contribution in [2.45, 2.75) is 44.6 Å². The van der Waals surface area contributed by atoms with Crippen molar-refractivity contribution in [2.24, 2.45) is 0 Å². The van der Waals surface area contributed by atoms with Crippen LogP contribution in [0.2, 0.25) is 0 Å². The van der Waals surface area contributed by atoms with Gasteiger partial charge in [-0.1, -0.05) is 0 Å². The summed E-state index contributed by atoms with van der Waals surface area (Å²) in [6, 6.07) is -1.07. The Kier molecular flexibility index (Phi) is 8.88. The summed E-state index contributed by atoms with van der Waals surface area (Å²) in [4.78, 5) is 33.3. The number of carboxylic acid groups (broad SMARTS) is 1. The lowest BCUT2D eigenvalue weighted by Crippen LogP contribution is -2.41. The molecule has 6 heteroatoms.